The summed E-state index contributed by atoms with van der Waals surface area (Å²) in [7, 11) is 0. The van der Waals surface area contributed by atoms with E-state index in [1.54, 1.807) is 6.20 Å². The van der Waals surface area contributed by atoms with E-state index in [-0.39, 0.29) is 0 Å². The molecule has 0 amide bonds. The van der Waals surface area contributed by atoms with Gasteiger partial charge < -0.3 is 0 Å². The van der Waals surface area contributed by atoms with Crippen molar-refractivity contribution in [2.45, 2.75) is 52.5 Å². The Balaban J connectivity index is 2.42. The third-order valence-electron chi connectivity index (χ3n) is 2.32. The van der Waals surface area contributed by atoms with Gasteiger partial charge in [-0.25, -0.2) is 4.68 Å². The topological polar surface area (TPSA) is 47.8 Å². The Morgan fingerprint density at radius 2 is 2.13 bits per heavy atom. The van der Waals surface area contributed by atoms with Crippen LogP contribution in [0.5, 0.6) is 0 Å². The number of aryl methyl sites for hydroxylation is 2. The second-order valence-corrected chi connectivity index (χ2v) is 3.74. The molecule has 1 heterocycles. The molecule has 0 aliphatic heterocycles. The maximum Gasteiger partial charge on any atom is 0.133 e. The highest BCUT2D eigenvalue weighted by Gasteiger charge is 2.06. The summed E-state index contributed by atoms with van der Waals surface area (Å²) in [5.41, 5.74) is 1.07. The highest BCUT2D eigenvalue weighted by molar-refractivity contribution is 5.78. The minimum atomic E-state index is 0.335. The molecule has 0 aromatic carbocycles. The van der Waals surface area contributed by atoms with Crippen LogP contribution in [0.15, 0.2) is 6.20 Å². The van der Waals surface area contributed by atoms with E-state index in [9.17, 15) is 4.79 Å². The van der Waals surface area contributed by atoms with Crippen molar-refractivity contribution < 1.29 is 4.79 Å². The zero-order valence-corrected chi connectivity index (χ0v) is 9.57. The average molecular weight is 209 g/mol. The summed E-state index contributed by atoms with van der Waals surface area (Å²) in [6.45, 7) is 5.02. The number of carbonyl (C=O) groups is 1. The SMILES string of the molecule is CCCC(=O)CCc1cnnn1CCC. The predicted octanol–water partition coefficient (Wildman–Crippen LogP) is 1.99. The van der Waals surface area contributed by atoms with Gasteiger partial charge in [0.1, 0.15) is 5.78 Å². The third kappa shape index (κ3) is 3.81. The zero-order chi connectivity index (χ0) is 11.1. The molecule has 0 fully saturated rings. The summed E-state index contributed by atoms with van der Waals surface area (Å²) in [6.07, 6.45) is 5.81. The van der Waals surface area contributed by atoms with Crippen LogP contribution in [0, 0.1) is 0 Å². The fourth-order valence-corrected chi connectivity index (χ4v) is 1.54. The van der Waals surface area contributed by atoms with Gasteiger partial charge in [0.05, 0.1) is 11.9 Å². The van der Waals surface area contributed by atoms with Crippen LogP contribution in [0.2, 0.25) is 0 Å². The fourth-order valence-electron chi connectivity index (χ4n) is 1.54. The number of rotatable bonds is 7. The van der Waals surface area contributed by atoms with Crippen LogP contribution in [0.1, 0.15) is 45.2 Å². The lowest BCUT2D eigenvalue weighted by Crippen LogP contribution is -2.07. The number of Topliss-reactive ketones (excluding diaryl/α,β-unsaturated/α-hetero) is 1. The quantitative estimate of drug-likeness (QED) is 0.690. The molecule has 4 heteroatoms. The molecule has 1 aromatic rings. The van der Waals surface area contributed by atoms with Crippen LogP contribution < -0.4 is 0 Å². The molecule has 0 radical (unpaired) electrons. The largest absolute Gasteiger partial charge is 0.300 e. The molecule has 15 heavy (non-hydrogen) atoms. The molecule has 4 nitrogen and oxygen atoms in total. The first-order valence-corrected chi connectivity index (χ1v) is 5.67. The van der Waals surface area contributed by atoms with Gasteiger partial charge in [0, 0.05) is 19.4 Å². The molecule has 0 atom stereocenters. The fraction of sp³-hybridized carbons (Fsp3) is 0.727. The maximum absolute atomic E-state index is 11.4. The monoisotopic (exact) mass is 209 g/mol. The minimum absolute atomic E-state index is 0.335. The van der Waals surface area contributed by atoms with Gasteiger partial charge in [0.2, 0.25) is 0 Å². The highest BCUT2D eigenvalue weighted by Crippen LogP contribution is 2.04. The van der Waals surface area contributed by atoms with Crippen LogP contribution in [0.4, 0.5) is 0 Å². The van der Waals surface area contributed by atoms with E-state index >= 15 is 0 Å². The van der Waals surface area contributed by atoms with Crippen LogP contribution in [0.25, 0.3) is 0 Å². The normalized spacial score (nSPS) is 10.5. The van der Waals surface area contributed by atoms with Gasteiger partial charge in [0.25, 0.3) is 0 Å². The standard InChI is InChI=1S/C11H19N3O/c1-3-5-11(15)7-6-10-9-12-13-14(10)8-4-2/h9H,3-8H2,1-2H3. The molecule has 0 saturated carbocycles. The van der Waals surface area contributed by atoms with Gasteiger partial charge in [-0.05, 0) is 19.3 Å². The van der Waals surface area contributed by atoms with Gasteiger partial charge in [-0.15, -0.1) is 5.10 Å². The van der Waals surface area contributed by atoms with Crippen molar-refractivity contribution in [3.05, 3.63) is 11.9 Å². The minimum Gasteiger partial charge on any atom is -0.300 e. The van der Waals surface area contributed by atoms with E-state index in [4.69, 9.17) is 0 Å². The molecular weight excluding hydrogens is 190 g/mol. The van der Waals surface area contributed by atoms with Gasteiger partial charge in [0.15, 0.2) is 0 Å². The lowest BCUT2D eigenvalue weighted by molar-refractivity contribution is -0.119. The molecule has 0 aliphatic rings. The van der Waals surface area contributed by atoms with Crippen molar-refractivity contribution in [1.82, 2.24) is 15.0 Å². The summed E-state index contributed by atoms with van der Waals surface area (Å²) in [6, 6.07) is 0. The lowest BCUT2D eigenvalue weighted by Gasteiger charge is -2.03. The summed E-state index contributed by atoms with van der Waals surface area (Å²) in [4.78, 5) is 11.4. The highest BCUT2D eigenvalue weighted by atomic mass is 16.1. The van der Waals surface area contributed by atoms with Crippen molar-refractivity contribution in [2.75, 3.05) is 0 Å². The number of carbonyl (C=O) groups excluding carboxylic acids is 1. The van der Waals surface area contributed by atoms with Crippen molar-refractivity contribution in [1.29, 1.82) is 0 Å². The number of aromatic nitrogens is 3. The molecule has 0 aliphatic carbocycles. The van der Waals surface area contributed by atoms with Crippen LogP contribution in [-0.2, 0) is 17.8 Å². The smallest absolute Gasteiger partial charge is 0.133 e. The molecule has 0 N–H and O–H groups in total. The van der Waals surface area contributed by atoms with E-state index in [0.29, 0.717) is 18.6 Å². The van der Waals surface area contributed by atoms with E-state index in [1.165, 1.54) is 0 Å². The molecule has 0 spiro atoms. The molecule has 84 valence electrons. The molecule has 0 unspecified atom stereocenters. The Kier molecular flexibility index (Phi) is 5.01. The Labute approximate surface area is 90.7 Å². The Hall–Kier alpha value is -1.19. The summed E-state index contributed by atoms with van der Waals surface area (Å²) in [5, 5.41) is 7.85. The number of ketones is 1. The number of hydrogen-bond acceptors (Lipinski definition) is 3. The molecule has 1 rings (SSSR count). The predicted molar refractivity (Wildman–Crippen MR) is 58.5 cm³/mol. The Bertz CT molecular complexity index is 307. The van der Waals surface area contributed by atoms with E-state index in [0.717, 1.165) is 31.5 Å². The zero-order valence-electron chi connectivity index (χ0n) is 9.57. The summed E-state index contributed by atoms with van der Waals surface area (Å²) < 4.78 is 1.89. The maximum atomic E-state index is 11.4. The lowest BCUT2D eigenvalue weighted by atomic mass is 10.1. The average Bonchev–Trinajstić information content (AvgIpc) is 2.64. The first-order chi connectivity index (χ1) is 7.27. The van der Waals surface area contributed by atoms with Crippen molar-refractivity contribution >= 4 is 5.78 Å². The van der Waals surface area contributed by atoms with Crippen LogP contribution >= 0.6 is 0 Å². The Morgan fingerprint density at radius 3 is 2.80 bits per heavy atom. The second kappa shape index (κ2) is 6.32. The molecule has 0 saturated heterocycles. The van der Waals surface area contributed by atoms with Gasteiger partial charge in [-0.3, -0.25) is 4.79 Å². The van der Waals surface area contributed by atoms with Gasteiger partial charge in [-0.1, -0.05) is 19.1 Å². The van der Waals surface area contributed by atoms with Gasteiger partial charge in [-0.2, -0.15) is 0 Å². The third-order valence-corrected chi connectivity index (χ3v) is 2.32. The second-order valence-electron chi connectivity index (χ2n) is 3.74. The summed E-state index contributed by atoms with van der Waals surface area (Å²) >= 11 is 0. The van der Waals surface area contributed by atoms with Crippen molar-refractivity contribution in [3.63, 3.8) is 0 Å². The Morgan fingerprint density at radius 1 is 1.33 bits per heavy atom. The van der Waals surface area contributed by atoms with Crippen molar-refractivity contribution in [2.24, 2.45) is 0 Å². The van der Waals surface area contributed by atoms with E-state index in [1.807, 2.05) is 11.6 Å². The molecular formula is C11H19N3O. The first-order valence-electron chi connectivity index (χ1n) is 5.67. The van der Waals surface area contributed by atoms with Crippen molar-refractivity contribution in [3.8, 4) is 0 Å². The van der Waals surface area contributed by atoms with Crippen LogP contribution in [-0.4, -0.2) is 20.8 Å². The number of nitrogens with zero attached hydrogens (tertiary/aromatic N) is 3. The summed E-state index contributed by atoms with van der Waals surface area (Å²) in [5.74, 6) is 0.335. The van der Waals surface area contributed by atoms with Gasteiger partial charge >= 0.3 is 0 Å². The molecule has 0 bridgehead atoms. The number of hydrogen-bond donors (Lipinski definition) is 0. The molecule has 1 aromatic heterocycles. The van der Waals surface area contributed by atoms with Crippen LogP contribution in [0.3, 0.4) is 0 Å². The van der Waals surface area contributed by atoms with E-state index in [2.05, 4.69) is 17.2 Å². The van der Waals surface area contributed by atoms with E-state index < -0.39 is 0 Å². The first kappa shape index (κ1) is 11.9.